The monoisotopic (exact) mass is 380 g/mol. The number of esters is 1. The van der Waals surface area contributed by atoms with Crippen molar-refractivity contribution in [2.75, 3.05) is 0 Å². The van der Waals surface area contributed by atoms with Gasteiger partial charge in [-0.25, -0.2) is 4.79 Å². The zero-order valence-corrected chi connectivity index (χ0v) is 14.4. The van der Waals surface area contributed by atoms with E-state index in [1.54, 1.807) is 37.3 Å². The SMILES string of the molecule is Cc1ccc(C(=O)[C@H](C)OC(=O)c2cc(Br)ccc2Cl)cc1. The Morgan fingerprint density at radius 3 is 2.41 bits per heavy atom. The summed E-state index contributed by atoms with van der Waals surface area (Å²) in [5.74, 6) is -0.876. The Morgan fingerprint density at radius 1 is 1.14 bits per heavy atom. The van der Waals surface area contributed by atoms with Crippen molar-refractivity contribution in [2.45, 2.75) is 20.0 Å². The van der Waals surface area contributed by atoms with Crippen LogP contribution in [-0.4, -0.2) is 17.9 Å². The number of hydrogen-bond donors (Lipinski definition) is 0. The molecule has 114 valence electrons. The van der Waals surface area contributed by atoms with Crippen LogP contribution < -0.4 is 0 Å². The summed E-state index contributed by atoms with van der Waals surface area (Å²) >= 11 is 9.25. The number of ether oxygens (including phenoxy) is 1. The van der Waals surface area contributed by atoms with Gasteiger partial charge in [-0.15, -0.1) is 0 Å². The van der Waals surface area contributed by atoms with E-state index in [-0.39, 0.29) is 16.4 Å². The van der Waals surface area contributed by atoms with Crippen LogP contribution in [0.1, 0.15) is 33.2 Å². The van der Waals surface area contributed by atoms with Gasteiger partial charge in [0.05, 0.1) is 10.6 Å². The van der Waals surface area contributed by atoms with Gasteiger partial charge >= 0.3 is 5.97 Å². The molecule has 2 aromatic rings. The van der Waals surface area contributed by atoms with E-state index in [0.29, 0.717) is 10.0 Å². The third kappa shape index (κ3) is 3.96. The van der Waals surface area contributed by atoms with Crippen LogP contribution in [0.4, 0.5) is 0 Å². The van der Waals surface area contributed by atoms with Gasteiger partial charge in [0, 0.05) is 10.0 Å². The molecule has 0 aliphatic heterocycles. The molecule has 0 aromatic heterocycles. The van der Waals surface area contributed by atoms with Crippen molar-refractivity contribution in [1.82, 2.24) is 0 Å². The Labute approximate surface area is 142 Å². The summed E-state index contributed by atoms with van der Waals surface area (Å²) in [6.07, 6.45) is -0.884. The lowest BCUT2D eigenvalue weighted by molar-refractivity contribution is 0.0319. The Balaban J connectivity index is 2.12. The molecule has 0 aliphatic rings. The fraction of sp³-hybridized carbons (Fsp3) is 0.176. The second-order valence-electron chi connectivity index (χ2n) is 4.90. The molecule has 0 saturated heterocycles. The highest BCUT2D eigenvalue weighted by Gasteiger charge is 2.21. The molecule has 5 heteroatoms. The summed E-state index contributed by atoms with van der Waals surface area (Å²) in [5, 5.41) is 0.281. The van der Waals surface area contributed by atoms with Crippen molar-refractivity contribution in [3.8, 4) is 0 Å². The zero-order valence-electron chi connectivity index (χ0n) is 12.1. The first-order valence-electron chi connectivity index (χ1n) is 6.65. The normalized spacial score (nSPS) is 11.8. The highest BCUT2D eigenvalue weighted by Crippen LogP contribution is 2.22. The van der Waals surface area contributed by atoms with Gasteiger partial charge in [0.15, 0.2) is 6.10 Å². The number of halogens is 2. The van der Waals surface area contributed by atoms with Crippen LogP contribution in [-0.2, 0) is 4.74 Å². The minimum atomic E-state index is -0.884. The predicted octanol–water partition coefficient (Wildman–Crippen LogP) is 4.84. The number of rotatable bonds is 4. The Hall–Kier alpha value is -1.65. The molecule has 0 fully saturated rings. The van der Waals surface area contributed by atoms with E-state index < -0.39 is 12.1 Å². The van der Waals surface area contributed by atoms with Crippen molar-refractivity contribution < 1.29 is 14.3 Å². The molecule has 0 aliphatic carbocycles. The smallest absolute Gasteiger partial charge is 0.340 e. The van der Waals surface area contributed by atoms with Gasteiger partial charge in [-0.2, -0.15) is 0 Å². The van der Waals surface area contributed by atoms with Crippen LogP contribution in [0, 0.1) is 6.92 Å². The summed E-state index contributed by atoms with van der Waals surface area (Å²) in [7, 11) is 0. The van der Waals surface area contributed by atoms with Gasteiger partial charge in [0.2, 0.25) is 5.78 Å². The topological polar surface area (TPSA) is 43.4 Å². The molecular formula is C17H14BrClO3. The molecule has 0 spiro atoms. The molecule has 1 atom stereocenters. The predicted molar refractivity (Wildman–Crippen MR) is 89.5 cm³/mol. The summed E-state index contributed by atoms with van der Waals surface area (Å²) in [6, 6.07) is 12.0. The standard InChI is InChI=1S/C17H14BrClO3/c1-10-3-5-12(6-4-10)16(20)11(2)22-17(21)14-9-13(18)7-8-15(14)19/h3-9,11H,1-2H3/t11-/m0/s1. The van der Waals surface area contributed by atoms with E-state index in [9.17, 15) is 9.59 Å². The molecule has 0 amide bonds. The lowest BCUT2D eigenvalue weighted by Gasteiger charge is -2.13. The van der Waals surface area contributed by atoms with E-state index in [1.807, 2.05) is 19.1 Å². The second kappa shape index (κ2) is 7.07. The van der Waals surface area contributed by atoms with E-state index in [4.69, 9.17) is 16.3 Å². The Kier molecular flexibility index (Phi) is 5.37. The Bertz CT molecular complexity index is 710. The van der Waals surface area contributed by atoms with Gasteiger partial charge in [0.1, 0.15) is 0 Å². The van der Waals surface area contributed by atoms with Gasteiger partial charge < -0.3 is 4.74 Å². The fourth-order valence-corrected chi connectivity index (χ4v) is 2.44. The molecule has 3 nitrogen and oxygen atoms in total. The molecule has 22 heavy (non-hydrogen) atoms. The number of Topliss-reactive ketones (excluding diaryl/α,β-unsaturated/α-hetero) is 1. The lowest BCUT2D eigenvalue weighted by atomic mass is 10.1. The number of hydrogen-bond acceptors (Lipinski definition) is 3. The number of carbonyl (C=O) groups is 2. The molecular weight excluding hydrogens is 368 g/mol. The number of carbonyl (C=O) groups excluding carboxylic acids is 2. The minimum Gasteiger partial charge on any atom is -0.451 e. The lowest BCUT2D eigenvalue weighted by Crippen LogP contribution is -2.24. The quantitative estimate of drug-likeness (QED) is 0.562. The largest absolute Gasteiger partial charge is 0.451 e. The molecule has 0 saturated carbocycles. The molecule has 2 rings (SSSR count). The van der Waals surface area contributed by atoms with E-state index in [0.717, 1.165) is 5.56 Å². The van der Waals surface area contributed by atoms with Crippen LogP contribution in [0.25, 0.3) is 0 Å². The Morgan fingerprint density at radius 2 is 1.77 bits per heavy atom. The zero-order chi connectivity index (χ0) is 16.3. The van der Waals surface area contributed by atoms with Crippen molar-refractivity contribution >= 4 is 39.3 Å². The van der Waals surface area contributed by atoms with Crippen LogP contribution in [0.5, 0.6) is 0 Å². The molecule has 0 bridgehead atoms. The van der Waals surface area contributed by atoms with E-state index >= 15 is 0 Å². The van der Waals surface area contributed by atoms with Gasteiger partial charge in [-0.05, 0) is 32.0 Å². The van der Waals surface area contributed by atoms with Gasteiger partial charge in [-0.3, -0.25) is 4.79 Å². The van der Waals surface area contributed by atoms with Crippen molar-refractivity contribution in [3.63, 3.8) is 0 Å². The van der Waals surface area contributed by atoms with E-state index in [2.05, 4.69) is 15.9 Å². The van der Waals surface area contributed by atoms with Crippen LogP contribution in [0.15, 0.2) is 46.9 Å². The fourth-order valence-electron chi connectivity index (χ4n) is 1.88. The third-order valence-corrected chi connectivity index (χ3v) is 3.96. The molecule has 0 unspecified atom stereocenters. The van der Waals surface area contributed by atoms with Gasteiger partial charge in [0.25, 0.3) is 0 Å². The highest BCUT2D eigenvalue weighted by molar-refractivity contribution is 9.10. The van der Waals surface area contributed by atoms with E-state index in [1.165, 1.54) is 0 Å². The maximum Gasteiger partial charge on any atom is 0.340 e. The van der Waals surface area contributed by atoms with Crippen molar-refractivity contribution in [3.05, 3.63) is 68.7 Å². The third-order valence-electron chi connectivity index (χ3n) is 3.14. The first-order chi connectivity index (χ1) is 10.4. The minimum absolute atomic E-state index is 0.222. The number of benzene rings is 2. The van der Waals surface area contributed by atoms with Crippen LogP contribution >= 0.6 is 27.5 Å². The molecule has 0 N–H and O–H groups in total. The summed E-state index contributed by atoms with van der Waals surface area (Å²) < 4.78 is 5.93. The first kappa shape index (κ1) is 16.7. The molecule has 2 aromatic carbocycles. The molecule has 0 heterocycles. The maximum absolute atomic E-state index is 12.3. The maximum atomic E-state index is 12.3. The average Bonchev–Trinajstić information content (AvgIpc) is 2.49. The average molecular weight is 382 g/mol. The highest BCUT2D eigenvalue weighted by atomic mass is 79.9. The van der Waals surface area contributed by atoms with Crippen molar-refractivity contribution in [2.24, 2.45) is 0 Å². The molecule has 0 radical (unpaired) electrons. The van der Waals surface area contributed by atoms with Crippen LogP contribution in [0.2, 0.25) is 5.02 Å². The second-order valence-corrected chi connectivity index (χ2v) is 6.22. The van der Waals surface area contributed by atoms with Crippen molar-refractivity contribution in [1.29, 1.82) is 0 Å². The number of aryl methyl sites for hydroxylation is 1. The summed E-state index contributed by atoms with van der Waals surface area (Å²) in [5.41, 5.74) is 1.79. The van der Waals surface area contributed by atoms with Gasteiger partial charge in [-0.1, -0.05) is 57.4 Å². The van der Waals surface area contributed by atoms with Crippen LogP contribution in [0.3, 0.4) is 0 Å². The first-order valence-corrected chi connectivity index (χ1v) is 7.82. The number of ketones is 1. The summed E-state index contributed by atoms with van der Waals surface area (Å²) in [4.78, 5) is 24.4. The summed E-state index contributed by atoms with van der Waals surface area (Å²) in [6.45, 7) is 3.49.